The molecule has 5 nitrogen and oxygen atoms in total. The lowest BCUT2D eigenvalue weighted by Gasteiger charge is -2.24. The van der Waals surface area contributed by atoms with E-state index in [1.165, 1.54) is 4.90 Å². The maximum Gasteiger partial charge on any atom is 0.243 e. The Morgan fingerprint density at radius 1 is 1.26 bits per heavy atom. The fourth-order valence-corrected chi connectivity index (χ4v) is 3.06. The molecule has 23 heavy (non-hydrogen) atoms. The Kier molecular flexibility index (Phi) is 7.52. The van der Waals surface area contributed by atoms with Crippen LogP contribution < -0.4 is 11.1 Å². The van der Waals surface area contributed by atoms with Crippen LogP contribution in [0, 0.1) is 18.8 Å². The molecule has 3 N–H and O–H groups in total. The number of amides is 2. The first-order chi connectivity index (χ1) is 10.5. The van der Waals surface area contributed by atoms with Crippen LogP contribution in [0.4, 0.5) is 5.69 Å². The number of hydrogen-bond acceptors (Lipinski definition) is 3. The largest absolute Gasteiger partial charge is 0.336 e. The van der Waals surface area contributed by atoms with E-state index in [4.69, 9.17) is 5.73 Å². The van der Waals surface area contributed by atoms with E-state index in [0.29, 0.717) is 6.54 Å². The smallest absolute Gasteiger partial charge is 0.243 e. The zero-order valence-electron chi connectivity index (χ0n) is 13.7. The minimum atomic E-state index is -0.179. The molecule has 0 radical (unpaired) electrons. The van der Waals surface area contributed by atoms with Crippen molar-refractivity contribution in [2.75, 3.05) is 25.5 Å². The number of anilines is 1. The van der Waals surface area contributed by atoms with Crippen LogP contribution >= 0.6 is 12.4 Å². The number of hydrogen-bond donors (Lipinski definition) is 2. The molecule has 128 valence electrons. The second-order valence-corrected chi connectivity index (χ2v) is 6.14. The first-order valence-corrected chi connectivity index (χ1v) is 7.83. The molecule has 0 aliphatic heterocycles. The van der Waals surface area contributed by atoms with E-state index in [2.05, 4.69) is 5.32 Å². The molecule has 0 unspecified atom stereocenters. The number of benzene rings is 1. The number of nitrogens with one attached hydrogen (secondary N) is 1. The summed E-state index contributed by atoms with van der Waals surface area (Å²) in [7, 11) is 1.68. The van der Waals surface area contributed by atoms with Crippen molar-refractivity contribution in [3.8, 4) is 0 Å². The van der Waals surface area contributed by atoms with Gasteiger partial charge in [0.25, 0.3) is 0 Å². The summed E-state index contributed by atoms with van der Waals surface area (Å²) in [4.78, 5) is 26.0. The Balaban J connectivity index is 0.00000264. The van der Waals surface area contributed by atoms with Crippen molar-refractivity contribution in [2.24, 2.45) is 17.6 Å². The third kappa shape index (κ3) is 5.22. The zero-order chi connectivity index (χ0) is 16.1. The van der Waals surface area contributed by atoms with Crippen molar-refractivity contribution in [1.82, 2.24) is 4.90 Å². The van der Waals surface area contributed by atoms with Crippen LogP contribution in [0.5, 0.6) is 0 Å². The number of nitrogens with zero attached hydrogens (tertiary/aromatic N) is 1. The Labute approximate surface area is 144 Å². The highest BCUT2D eigenvalue weighted by molar-refractivity contribution is 5.94. The quantitative estimate of drug-likeness (QED) is 0.863. The van der Waals surface area contributed by atoms with Crippen LogP contribution in [0.15, 0.2) is 24.3 Å². The fraction of sp³-hybridized carbons (Fsp3) is 0.529. The fourth-order valence-electron chi connectivity index (χ4n) is 3.06. The second kappa shape index (κ2) is 8.89. The minimum absolute atomic E-state index is 0. The van der Waals surface area contributed by atoms with Crippen LogP contribution in [-0.2, 0) is 9.59 Å². The van der Waals surface area contributed by atoms with Crippen LogP contribution in [-0.4, -0.2) is 36.9 Å². The maximum atomic E-state index is 12.4. The molecule has 1 aliphatic carbocycles. The lowest BCUT2D eigenvalue weighted by Crippen LogP contribution is -2.40. The van der Waals surface area contributed by atoms with Crippen molar-refractivity contribution >= 4 is 29.9 Å². The van der Waals surface area contributed by atoms with Gasteiger partial charge in [0, 0.05) is 18.7 Å². The van der Waals surface area contributed by atoms with Crippen molar-refractivity contribution in [2.45, 2.75) is 26.2 Å². The van der Waals surface area contributed by atoms with E-state index in [0.717, 1.165) is 30.5 Å². The minimum Gasteiger partial charge on any atom is -0.336 e. The number of likely N-dealkylation sites (N-methyl/N-ethyl adjacent to an activating group) is 1. The third-order valence-corrected chi connectivity index (χ3v) is 4.37. The molecular weight excluding hydrogens is 314 g/mol. The van der Waals surface area contributed by atoms with Gasteiger partial charge in [0.05, 0.1) is 6.54 Å². The van der Waals surface area contributed by atoms with Gasteiger partial charge in [-0.1, -0.05) is 24.1 Å². The Morgan fingerprint density at radius 2 is 1.91 bits per heavy atom. The SMILES string of the molecule is Cc1ccc(NC(=O)CN(C)C(=O)[C@@H]2CCC[C@@H]2CN)cc1.Cl. The summed E-state index contributed by atoms with van der Waals surface area (Å²) in [5, 5.41) is 2.81. The van der Waals surface area contributed by atoms with Gasteiger partial charge in [0.1, 0.15) is 0 Å². The van der Waals surface area contributed by atoms with E-state index >= 15 is 0 Å². The van der Waals surface area contributed by atoms with E-state index < -0.39 is 0 Å². The zero-order valence-corrected chi connectivity index (χ0v) is 14.6. The Bertz CT molecular complexity index is 533. The Hall–Kier alpha value is -1.59. The third-order valence-electron chi connectivity index (χ3n) is 4.37. The molecule has 1 aromatic carbocycles. The highest BCUT2D eigenvalue weighted by atomic mass is 35.5. The topological polar surface area (TPSA) is 75.4 Å². The molecule has 1 fully saturated rings. The number of halogens is 1. The molecule has 0 saturated heterocycles. The summed E-state index contributed by atoms with van der Waals surface area (Å²) in [6.07, 6.45) is 2.93. The van der Waals surface area contributed by atoms with Gasteiger partial charge in [-0.3, -0.25) is 9.59 Å². The number of aryl methyl sites for hydroxylation is 1. The van der Waals surface area contributed by atoms with Crippen molar-refractivity contribution in [1.29, 1.82) is 0 Å². The van der Waals surface area contributed by atoms with E-state index in [1.807, 2.05) is 31.2 Å². The highest BCUT2D eigenvalue weighted by Crippen LogP contribution is 2.32. The molecule has 6 heteroatoms. The maximum absolute atomic E-state index is 12.4. The average molecular weight is 340 g/mol. The summed E-state index contributed by atoms with van der Waals surface area (Å²) >= 11 is 0. The van der Waals surface area contributed by atoms with Crippen molar-refractivity contribution < 1.29 is 9.59 Å². The molecule has 0 spiro atoms. The summed E-state index contributed by atoms with van der Waals surface area (Å²) in [6.45, 7) is 2.60. The molecule has 2 rings (SSSR count). The first kappa shape index (κ1) is 19.5. The summed E-state index contributed by atoms with van der Waals surface area (Å²) < 4.78 is 0. The van der Waals surface area contributed by atoms with Crippen molar-refractivity contribution in [3.63, 3.8) is 0 Å². The molecule has 2 atom stereocenters. The lowest BCUT2D eigenvalue weighted by molar-refractivity contribution is -0.137. The second-order valence-electron chi connectivity index (χ2n) is 6.14. The first-order valence-electron chi connectivity index (χ1n) is 7.83. The van der Waals surface area contributed by atoms with Crippen LogP contribution in [0.3, 0.4) is 0 Å². The molecule has 1 aliphatic rings. The monoisotopic (exact) mass is 339 g/mol. The highest BCUT2D eigenvalue weighted by Gasteiger charge is 2.34. The summed E-state index contributed by atoms with van der Waals surface area (Å²) in [5.41, 5.74) is 7.61. The summed E-state index contributed by atoms with van der Waals surface area (Å²) in [5.74, 6) is 0.0892. The van der Waals surface area contributed by atoms with Gasteiger partial charge in [0.15, 0.2) is 0 Å². The van der Waals surface area contributed by atoms with Gasteiger partial charge in [0.2, 0.25) is 11.8 Å². The normalized spacial score (nSPS) is 19.8. The van der Waals surface area contributed by atoms with E-state index in [1.54, 1.807) is 7.05 Å². The average Bonchev–Trinajstić information content (AvgIpc) is 2.97. The number of carbonyl (C=O) groups excluding carboxylic acids is 2. The molecule has 1 saturated carbocycles. The number of nitrogens with two attached hydrogens (primary N) is 1. The van der Waals surface area contributed by atoms with Crippen molar-refractivity contribution in [3.05, 3.63) is 29.8 Å². The van der Waals surface area contributed by atoms with Gasteiger partial charge in [-0.05, 0) is 44.4 Å². The molecule has 0 aromatic heterocycles. The van der Waals surface area contributed by atoms with E-state index in [9.17, 15) is 9.59 Å². The summed E-state index contributed by atoms with van der Waals surface area (Å²) in [6, 6.07) is 7.59. The molecule has 0 bridgehead atoms. The van der Waals surface area contributed by atoms with Crippen LogP contribution in [0.1, 0.15) is 24.8 Å². The predicted octanol–water partition coefficient (Wildman–Crippen LogP) is 2.19. The van der Waals surface area contributed by atoms with Crippen LogP contribution in [0.25, 0.3) is 0 Å². The Morgan fingerprint density at radius 3 is 2.52 bits per heavy atom. The van der Waals surface area contributed by atoms with Gasteiger partial charge in [-0.25, -0.2) is 0 Å². The molecular formula is C17H26ClN3O2. The van der Waals surface area contributed by atoms with Gasteiger partial charge in [-0.2, -0.15) is 0 Å². The molecule has 1 aromatic rings. The van der Waals surface area contributed by atoms with Crippen LogP contribution in [0.2, 0.25) is 0 Å². The predicted molar refractivity (Wildman–Crippen MR) is 94.6 cm³/mol. The van der Waals surface area contributed by atoms with Gasteiger partial charge in [-0.15, -0.1) is 12.4 Å². The molecule has 0 heterocycles. The van der Waals surface area contributed by atoms with E-state index in [-0.39, 0.29) is 42.6 Å². The lowest BCUT2D eigenvalue weighted by atomic mass is 9.95. The van der Waals surface area contributed by atoms with Gasteiger partial charge >= 0.3 is 0 Å². The standard InChI is InChI=1S/C17H25N3O2.ClH/c1-12-6-8-14(9-7-12)19-16(21)11-20(2)17(22)15-5-3-4-13(15)10-18;/h6-9,13,15H,3-5,10-11,18H2,1-2H3,(H,19,21);1H/t13-,15-;/m1./s1. The molecule has 2 amide bonds. The number of carbonyl (C=O) groups is 2. The number of rotatable bonds is 5. The van der Waals surface area contributed by atoms with Gasteiger partial charge < -0.3 is 16.0 Å².